The van der Waals surface area contributed by atoms with E-state index in [9.17, 15) is 4.79 Å². The molecule has 2 atom stereocenters. The maximum atomic E-state index is 11.4. The van der Waals surface area contributed by atoms with Gasteiger partial charge in [0.2, 0.25) is 17.7 Å². The largest absolute Gasteiger partial charge is 0.473 e. The lowest BCUT2D eigenvalue weighted by Crippen LogP contribution is -2.34. The molecule has 0 radical (unpaired) electrons. The molecule has 2 aromatic rings. The van der Waals surface area contributed by atoms with Crippen molar-refractivity contribution in [1.82, 2.24) is 9.97 Å². The number of nitrogens with two attached hydrogens (primary N) is 1. The number of carbonyl (C=O) groups is 1. The Balaban J connectivity index is 1.62. The summed E-state index contributed by atoms with van der Waals surface area (Å²) < 4.78 is 5.69. The second-order valence-electron chi connectivity index (χ2n) is 5.68. The molecular weight excluding hydrogens is 292 g/mol. The van der Waals surface area contributed by atoms with Gasteiger partial charge in [-0.25, -0.2) is 4.98 Å². The number of rotatable bonds is 6. The first kappa shape index (κ1) is 15.3. The fraction of sp³-hybridized carbons (Fsp3) is 0.353. The van der Waals surface area contributed by atoms with Gasteiger partial charge < -0.3 is 15.8 Å². The second kappa shape index (κ2) is 7.09. The fourth-order valence-corrected chi connectivity index (χ4v) is 2.86. The molecule has 0 aliphatic heterocycles. The molecule has 1 saturated carbocycles. The summed E-state index contributed by atoms with van der Waals surface area (Å²) in [6.07, 6.45) is 4.34. The van der Waals surface area contributed by atoms with E-state index in [4.69, 9.17) is 10.5 Å². The number of aromatic nitrogens is 2. The van der Waals surface area contributed by atoms with Gasteiger partial charge in [-0.05, 0) is 18.4 Å². The van der Waals surface area contributed by atoms with Gasteiger partial charge >= 0.3 is 0 Å². The number of benzene rings is 1. The van der Waals surface area contributed by atoms with E-state index >= 15 is 0 Å². The van der Waals surface area contributed by atoms with E-state index in [-0.39, 0.29) is 17.9 Å². The zero-order valence-corrected chi connectivity index (χ0v) is 12.8. The number of nitrogens with one attached hydrogen (secondary N) is 1. The summed E-state index contributed by atoms with van der Waals surface area (Å²) >= 11 is 0. The zero-order chi connectivity index (χ0) is 16.1. The SMILES string of the molecule is NC(=O)[C@@H]1CCC[C@H]1Nc1nccc(OCc2ccccc2)n1. The molecule has 0 bridgehead atoms. The molecule has 0 spiro atoms. The molecule has 1 aliphatic rings. The van der Waals surface area contributed by atoms with Crippen LogP contribution < -0.4 is 15.8 Å². The van der Waals surface area contributed by atoms with Crippen LogP contribution in [0.1, 0.15) is 24.8 Å². The summed E-state index contributed by atoms with van der Waals surface area (Å²) in [4.78, 5) is 20.0. The van der Waals surface area contributed by atoms with E-state index in [1.165, 1.54) is 0 Å². The van der Waals surface area contributed by atoms with Gasteiger partial charge in [0.1, 0.15) is 6.61 Å². The standard InChI is InChI=1S/C17H20N4O2/c18-16(22)13-7-4-8-14(13)20-17-19-10-9-15(21-17)23-11-12-5-2-1-3-6-12/h1-3,5-6,9-10,13-14H,4,7-8,11H2,(H2,18,22)(H,19,20,21)/t13-,14-/m1/s1. The molecule has 1 amide bonds. The monoisotopic (exact) mass is 312 g/mol. The molecule has 3 N–H and O–H groups in total. The van der Waals surface area contributed by atoms with Crippen LogP contribution in [-0.2, 0) is 11.4 Å². The van der Waals surface area contributed by atoms with Crippen LogP contribution in [0.3, 0.4) is 0 Å². The minimum atomic E-state index is -0.267. The number of nitrogens with zero attached hydrogens (tertiary/aromatic N) is 2. The van der Waals surface area contributed by atoms with Crippen molar-refractivity contribution < 1.29 is 9.53 Å². The molecular formula is C17H20N4O2. The molecule has 120 valence electrons. The van der Waals surface area contributed by atoms with E-state index in [0.717, 1.165) is 24.8 Å². The first-order valence-electron chi connectivity index (χ1n) is 7.78. The zero-order valence-electron chi connectivity index (χ0n) is 12.8. The summed E-state index contributed by atoms with van der Waals surface area (Å²) in [5.74, 6) is 0.540. The van der Waals surface area contributed by atoms with E-state index < -0.39 is 0 Å². The number of anilines is 1. The number of hydrogen-bond donors (Lipinski definition) is 2. The number of amides is 1. The van der Waals surface area contributed by atoms with Crippen LogP contribution in [-0.4, -0.2) is 21.9 Å². The summed E-state index contributed by atoms with van der Waals surface area (Å²) in [5, 5.41) is 3.21. The van der Waals surface area contributed by atoms with Crippen molar-refractivity contribution in [3.8, 4) is 5.88 Å². The van der Waals surface area contributed by atoms with Gasteiger partial charge in [0, 0.05) is 18.3 Å². The maximum Gasteiger partial charge on any atom is 0.226 e. The van der Waals surface area contributed by atoms with Crippen molar-refractivity contribution in [3.63, 3.8) is 0 Å². The number of ether oxygens (including phenoxy) is 1. The molecule has 6 nitrogen and oxygen atoms in total. The molecule has 1 heterocycles. The van der Waals surface area contributed by atoms with Crippen molar-refractivity contribution in [2.45, 2.75) is 31.9 Å². The van der Waals surface area contributed by atoms with Crippen LogP contribution in [0.5, 0.6) is 5.88 Å². The quantitative estimate of drug-likeness (QED) is 0.852. The highest BCUT2D eigenvalue weighted by Gasteiger charge is 2.31. The highest BCUT2D eigenvalue weighted by Crippen LogP contribution is 2.27. The van der Waals surface area contributed by atoms with E-state index in [0.29, 0.717) is 18.4 Å². The number of primary amides is 1. The molecule has 0 unspecified atom stereocenters. The van der Waals surface area contributed by atoms with Gasteiger partial charge in [-0.2, -0.15) is 4.98 Å². The number of carbonyl (C=O) groups excluding carboxylic acids is 1. The Morgan fingerprint density at radius 2 is 2.09 bits per heavy atom. The highest BCUT2D eigenvalue weighted by atomic mass is 16.5. The van der Waals surface area contributed by atoms with Gasteiger partial charge in [0.15, 0.2) is 0 Å². The van der Waals surface area contributed by atoms with Gasteiger partial charge in [-0.15, -0.1) is 0 Å². The fourth-order valence-electron chi connectivity index (χ4n) is 2.86. The smallest absolute Gasteiger partial charge is 0.226 e. The minimum Gasteiger partial charge on any atom is -0.473 e. The average molecular weight is 312 g/mol. The molecule has 1 fully saturated rings. The lowest BCUT2D eigenvalue weighted by Gasteiger charge is -2.18. The predicted octanol–water partition coefficient (Wildman–Crippen LogP) is 2.12. The lowest BCUT2D eigenvalue weighted by molar-refractivity contribution is -0.121. The van der Waals surface area contributed by atoms with E-state index in [1.54, 1.807) is 12.3 Å². The van der Waals surface area contributed by atoms with Crippen molar-refractivity contribution in [3.05, 3.63) is 48.2 Å². The predicted molar refractivity (Wildman–Crippen MR) is 86.8 cm³/mol. The third kappa shape index (κ3) is 3.97. The van der Waals surface area contributed by atoms with Crippen LogP contribution in [0.15, 0.2) is 42.6 Å². The van der Waals surface area contributed by atoms with E-state index in [2.05, 4.69) is 15.3 Å². The molecule has 1 aromatic heterocycles. The Labute approximate surface area is 135 Å². The Morgan fingerprint density at radius 3 is 2.87 bits per heavy atom. The maximum absolute atomic E-state index is 11.4. The van der Waals surface area contributed by atoms with Crippen molar-refractivity contribution in [2.24, 2.45) is 11.7 Å². The molecule has 6 heteroatoms. The molecule has 1 aromatic carbocycles. The van der Waals surface area contributed by atoms with Crippen molar-refractivity contribution in [2.75, 3.05) is 5.32 Å². The summed E-state index contributed by atoms with van der Waals surface area (Å²) in [5.41, 5.74) is 6.51. The topological polar surface area (TPSA) is 90.1 Å². The van der Waals surface area contributed by atoms with Crippen molar-refractivity contribution >= 4 is 11.9 Å². The molecule has 23 heavy (non-hydrogen) atoms. The first-order chi connectivity index (χ1) is 11.2. The summed E-state index contributed by atoms with van der Waals surface area (Å²) in [7, 11) is 0. The Kier molecular flexibility index (Phi) is 4.71. The molecule has 0 saturated heterocycles. The van der Waals surface area contributed by atoms with Gasteiger partial charge in [0.25, 0.3) is 0 Å². The molecule has 3 rings (SSSR count). The Hall–Kier alpha value is -2.63. The summed E-state index contributed by atoms with van der Waals surface area (Å²) in [6.45, 7) is 0.449. The van der Waals surface area contributed by atoms with Crippen LogP contribution in [0.4, 0.5) is 5.95 Å². The third-order valence-corrected chi connectivity index (χ3v) is 4.06. The van der Waals surface area contributed by atoms with Crippen molar-refractivity contribution in [1.29, 1.82) is 0 Å². The normalized spacial score (nSPS) is 20.2. The van der Waals surface area contributed by atoms with Crippen LogP contribution >= 0.6 is 0 Å². The Bertz CT molecular complexity index is 663. The van der Waals surface area contributed by atoms with E-state index in [1.807, 2.05) is 30.3 Å². The summed E-state index contributed by atoms with van der Waals surface area (Å²) in [6, 6.07) is 11.6. The van der Waals surface area contributed by atoms with Crippen LogP contribution in [0, 0.1) is 5.92 Å². The van der Waals surface area contributed by atoms with Crippen LogP contribution in [0.25, 0.3) is 0 Å². The average Bonchev–Trinajstić information content (AvgIpc) is 3.03. The van der Waals surface area contributed by atoms with Gasteiger partial charge in [0.05, 0.1) is 5.92 Å². The second-order valence-corrected chi connectivity index (χ2v) is 5.68. The molecule has 1 aliphatic carbocycles. The highest BCUT2D eigenvalue weighted by molar-refractivity contribution is 5.78. The number of hydrogen-bond acceptors (Lipinski definition) is 5. The van der Waals surface area contributed by atoms with Gasteiger partial charge in [-0.3, -0.25) is 4.79 Å². The lowest BCUT2D eigenvalue weighted by atomic mass is 10.0. The van der Waals surface area contributed by atoms with Gasteiger partial charge in [-0.1, -0.05) is 36.8 Å². The minimum absolute atomic E-state index is 0.00290. The Morgan fingerprint density at radius 1 is 1.26 bits per heavy atom. The third-order valence-electron chi connectivity index (χ3n) is 4.06. The van der Waals surface area contributed by atoms with Crippen LogP contribution in [0.2, 0.25) is 0 Å². The first-order valence-corrected chi connectivity index (χ1v) is 7.78.